The van der Waals surface area contributed by atoms with Gasteiger partial charge in [-0.3, -0.25) is 0 Å². The van der Waals surface area contributed by atoms with Crippen LogP contribution in [0.15, 0.2) is 24.3 Å². The summed E-state index contributed by atoms with van der Waals surface area (Å²) in [6.45, 7) is 3.39. The Bertz CT molecular complexity index is 233. The molecule has 0 aliphatic carbocycles. The van der Waals surface area contributed by atoms with Crippen molar-refractivity contribution in [1.82, 2.24) is 0 Å². The second-order valence-corrected chi connectivity index (χ2v) is 2.81. The van der Waals surface area contributed by atoms with Gasteiger partial charge in [-0.25, -0.2) is 0 Å². The van der Waals surface area contributed by atoms with Gasteiger partial charge in [-0.1, -0.05) is 12.1 Å². The van der Waals surface area contributed by atoms with E-state index in [2.05, 4.69) is 12.6 Å². The zero-order valence-corrected chi connectivity index (χ0v) is 8.59. The van der Waals surface area contributed by atoms with Crippen LogP contribution in [0.25, 0.3) is 0 Å². The lowest BCUT2D eigenvalue weighted by Crippen LogP contribution is -1.93. The maximum absolute atomic E-state index is 5.26. The fourth-order valence-corrected chi connectivity index (χ4v) is 1.13. The Kier molecular flexibility index (Phi) is 4.72. The van der Waals surface area contributed by atoms with Crippen LogP contribution in [0.4, 0.5) is 0 Å². The summed E-state index contributed by atoms with van der Waals surface area (Å²) in [6.07, 6.45) is 0. The van der Waals surface area contributed by atoms with Crippen molar-refractivity contribution >= 4 is 12.6 Å². The molecule has 72 valence electrons. The lowest BCUT2D eigenvalue weighted by atomic mass is 10.2. The molecule has 0 unspecified atom stereocenters. The van der Waals surface area contributed by atoms with Crippen LogP contribution in [0.2, 0.25) is 0 Å². The van der Waals surface area contributed by atoms with E-state index in [1.54, 1.807) is 0 Å². The van der Waals surface area contributed by atoms with Gasteiger partial charge in [0, 0.05) is 6.61 Å². The number of hydrogen-bond donors (Lipinski definition) is 1. The topological polar surface area (TPSA) is 18.5 Å². The van der Waals surface area contributed by atoms with Gasteiger partial charge in [-0.15, -0.1) is 12.6 Å². The van der Waals surface area contributed by atoms with Crippen molar-refractivity contribution in [1.29, 1.82) is 0 Å². The Morgan fingerprint density at radius 3 is 2.46 bits per heavy atom. The second kappa shape index (κ2) is 5.89. The van der Waals surface area contributed by atoms with Gasteiger partial charge < -0.3 is 9.47 Å². The van der Waals surface area contributed by atoms with E-state index in [1.165, 1.54) is 0 Å². The quantitative estimate of drug-likeness (QED) is 0.579. The summed E-state index contributed by atoms with van der Waals surface area (Å²) >= 11 is 3.97. The van der Waals surface area contributed by atoms with Crippen molar-refractivity contribution in [2.75, 3.05) is 12.5 Å². The van der Waals surface area contributed by atoms with Gasteiger partial charge >= 0.3 is 0 Å². The summed E-state index contributed by atoms with van der Waals surface area (Å²) in [7, 11) is 0. The van der Waals surface area contributed by atoms with Gasteiger partial charge in [0.15, 0.2) is 0 Å². The Hall–Kier alpha value is -0.670. The molecule has 0 heterocycles. The molecule has 1 aromatic rings. The molecule has 0 bridgehead atoms. The summed E-state index contributed by atoms with van der Waals surface area (Å²) in [5.41, 5.74) is 1.16. The third-order valence-electron chi connectivity index (χ3n) is 1.63. The number of hydrogen-bond acceptors (Lipinski definition) is 3. The average Bonchev–Trinajstić information content (AvgIpc) is 2.17. The molecule has 2 nitrogen and oxygen atoms in total. The first-order valence-electron chi connectivity index (χ1n) is 4.27. The molecule has 1 rings (SSSR count). The maximum atomic E-state index is 5.26. The zero-order valence-electron chi connectivity index (χ0n) is 7.69. The lowest BCUT2D eigenvalue weighted by molar-refractivity contribution is 0.134. The van der Waals surface area contributed by atoms with E-state index in [0.717, 1.165) is 17.9 Å². The van der Waals surface area contributed by atoms with Crippen LogP contribution in [0.1, 0.15) is 12.5 Å². The molecule has 0 atom stereocenters. The zero-order chi connectivity index (χ0) is 9.52. The summed E-state index contributed by atoms with van der Waals surface area (Å²) in [4.78, 5) is 0. The largest absolute Gasteiger partial charge is 0.483 e. The molecule has 0 N–H and O–H groups in total. The highest BCUT2D eigenvalue weighted by atomic mass is 32.1. The number of ether oxygens (including phenoxy) is 2. The first kappa shape index (κ1) is 10.4. The van der Waals surface area contributed by atoms with Gasteiger partial charge in [0.2, 0.25) is 0 Å². The van der Waals surface area contributed by atoms with Crippen LogP contribution in [0.3, 0.4) is 0 Å². The Balaban J connectivity index is 2.48. The molecule has 0 saturated carbocycles. The molecule has 0 amide bonds. The van der Waals surface area contributed by atoms with E-state index in [1.807, 2.05) is 31.2 Å². The normalized spacial score (nSPS) is 10.0. The van der Waals surface area contributed by atoms with Gasteiger partial charge in [0.1, 0.15) is 11.7 Å². The third kappa shape index (κ3) is 3.70. The number of thiol groups is 1. The highest BCUT2D eigenvalue weighted by Gasteiger charge is 1.93. The predicted octanol–water partition coefficient (Wildman–Crippen LogP) is 2.49. The molecule has 0 radical (unpaired) electrons. The Labute approximate surface area is 84.3 Å². The summed E-state index contributed by atoms with van der Waals surface area (Å²) in [5, 5.41) is 0. The molecule has 0 aromatic heterocycles. The number of rotatable bonds is 5. The van der Waals surface area contributed by atoms with Crippen LogP contribution in [0, 0.1) is 0 Å². The van der Waals surface area contributed by atoms with E-state index in [4.69, 9.17) is 9.47 Å². The molecule has 0 fully saturated rings. The van der Waals surface area contributed by atoms with Gasteiger partial charge in [-0.2, -0.15) is 0 Å². The molecule has 0 saturated heterocycles. The van der Waals surface area contributed by atoms with Gasteiger partial charge in [0.05, 0.1) is 6.61 Å². The van der Waals surface area contributed by atoms with Crippen molar-refractivity contribution in [3.8, 4) is 5.75 Å². The third-order valence-corrected chi connectivity index (χ3v) is 1.76. The molecule has 1 aromatic carbocycles. The first-order valence-corrected chi connectivity index (χ1v) is 4.90. The van der Waals surface area contributed by atoms with E-state index >= 15 is 0 Å². The smallest absolute Gasteiger partial charge is 0.131 e. The van der Waals surface area contributed by atoms with Crippen molar-refractivity contribution < 1.29 is 9.47 Å². The lowest BCUT2D eigenvalue weighted by Gasteiger charge is -2.04. The molecule has 0 spiro atoms. The van der Waals surface area contributed by atoms with Crippen LogP contribution in [0.5, 0.6) is 5.75 Å². The minimum atomic E-state index is 0.408. The SMILES string of the molecule is CCOCc1ccc(OCS)cc1. The minimum absolute atomic E-state index is 0.408. The van der Waals surface area contributed by atoms with Gasteiger partial charge in [0.25, 0.3) is 0 Å². The fourth-order valence-electron chi connectivity index (χ4n) is 0.976. The van der Waals surface area contributed by atoms with E-state index < -0.39 is 0 Å². The molecule has 0 aliphatic heterocycles. The summed E-state index contributed by atoms with van der Waals surface area (Å²) in [5.74, 6) is 1.25. The number of benzene rings is 1. The van der Waals surface area contributed by atoms with E-state index in [0.29, 0.717) is 12.5 Å². The molecule has 0 aliphatic rings. The fraction of sp³-hybridized carbons (Fsp3) is 0.400. The van der Waals surface area contributed by atoms with E-state index in [9.17, 15) is 0 Å². The highest BCUT2D eigenvalue weighted by molar-refractivity contribution is 7.80. The average molecular weight is 198 g/mol. The first-order chi connectivity index (χ1) is 6.36. The highest BCUT2D eigenvalue weighted by Crippen LogP contribution is 2.12. The van der Waals surface area contributed by atoms with Crippen LogP contribution in [-0.2, 0) is 11.3 Å². The summed E-state index contributed by atoms with van der Waals surface area (Å²) < 4.78 is 10.5. The van der Waals surface area contributed by atoms with Gasteiger partial charge in [-0.05, 0) is 24.6 Å². The van der Waals surface area contributed by atoms with Crippen molar-refractivity contribution in [3.63, 3.8) is 0 Å². The van der Waals surface area contributed by atoms with Crippen LogP contribution >= 0.6 is 12.6 Å². The predicted molar refractivity (Wildman–Crippen MR) is 56.3 cm³/mol. The Morgan fingerprint density at radius 1 is 1.23 bits per heavy atom. The van der Waals surface area contributed by atoms with Crippen molar-refractivity contribution in [3.05, 3.63) is 29.8 Å². The Morgan fingerprint density at radius 2 is 1.92 bits per heavy atom. The molecule has 13 heavy (non-hydrogen) atoms. The van der Waals surface area contributed by atoms with E-state index in [-0.39, 0.29) is 0 Å². The summed E-state index contributed by atoms with van der Waals surface area (Å²) in [6, 6.07) is 7.83. The molecular formula is C10H14O2S. The molecular weight excluding hydrogens is 184 g/mol. The molecule has 3 heteroatoms. The maximum Gasteiger partial charge on any atom is 0.131 e. The monoisotopic (exact) mass is 198 g/mol. The van der Waals surface area contributed by atoms with Crippen molar-refractivity contribution in [2.24, 2.45) is 0 Å². The van der Waals surface area contributed by atoms with Crippen molar-refractivity contribution in [2.45, 2.75) is 13.5 Å². The van der Waals surface area contributed by atoms with Crippen LogP contribution < -0.4 is 4.74 Å². The minimum Gasteiger partial charge on any atom is -0.483 e. The second-order valence-electron chi connectivity index (χ2n) is 2.55. The van der Waals surface area contributed by atoms with Crippen LogP contribution in [-0.4, -0.2) is 12.5 Å². The standard InChI is InChI=1S/C10H14O2S/c1-2-11-7-9-3-5-10(6-4-9)12-8-13/h3-6,13H,2,7-8H2,1H3.